The van der Waals surface area contributed by atoms with Gasteiger partial charge >= 0.3 is 0 Å². The third-order valence-corrected chi connectivity index (χ3v) is 6.04. The molecule has 0 saturated heterocycles. The van der Waals surface area contributed by atoms with E-state index < -0.39 is 0 Å². The molecule has 1 amide bonds. The number of anilines is 1. The summed E-state index contributed by atoms with van der Waals surface area (Å²) in [5, 5.41) is 2.41. The quantitative estimate of drug-likeness (QED) is 0.388. The molecule has 0 radical (unpaired) electrons. The summed E-state index contributed by atoms with van der Waals surface area (Å²) in [5.74, 6) is 1.04. The van der Waals surface area contributed by atoms with E-state index in [0.717, 1.165) is 22.6 Å². The highest BCUT2D eigenvalue weighted by Crippen LogP contribution is 2.44. The van der Waals surface area contributed by atoms with Crippen LogP contribution in [-0.2, 0) is 11.3 Å². The van der Waals surface area contributed by atoms with Gasteiger partial charge in [-0.25, -0.2) is 0 Å². The summed E-state index contributed by atoms with van der Waals surface area (Å²) in [6.45, 7) is 3.21. The fourth-order valence-corrected chi connectivity index (χ4v) is 4.59. The summed E-state index contributed by atoms with van der Waals surface area (Å²) in [4.78, 5) is 15.3. The summed E-state index contributed by atoms with van der Waals surface area (Å²) >= 11 is 0. The maximum Gasteiger partial charge on any atom is 0.228 e. The van der Waals surface area contributed by atoms with E-state index in [1.54, 1.807) is 0 Å². The third kappa shape index (κ3) is 3.68. The predicted molar refractivity (Wildman–Crippen MR) is 126 cm³/mol. The molecule has 0 aromatic heterocycles. The number of rotatable bonds is 5. The van der Waals surface area contributed by atoms with E-state index in [1.165, 1.54) is 16.3 Å². The molecule has 0 N–H and O–H groups in total. The Morgan fingerprint density at radius 2 is 1.61 bits per heavy atom. The Morgan fingerprint density at radius 1 is 0.871 bits per heavy atom. The van der Waals surface area contributed by atoms with Gasteiger partial charge in [0.15, 0.2) is 0 Å². The highest BCUT2D eigenvalue weighted by molar-refractivity contribution is 6.03. The summed E-state index contributed by atoms with van der Waals surface area (Å²) in [6, 6.07) is 31.1. The van der Waals surface area contributed by atoms with Crippen molar-refractivity contribution in [3.05, 3.63) is 108 Å². The summed E-state index contributed by atoms with van der Waals surface area (Å²) in [7, 11) is 0. The number of hydrogen-bond acceptors (Lipinski definition) is 2. The number of carbonyl (C=O) groups excluding carboxylic acids is 1. The zero-order chi connectivity index (χ0) is 21.2. The molecule has 4 aromatic rings. The minimum absolute atomic E-state index is 0.0244. The number of carbonyl (C=O) groups is 1. The molecular formula is C28H25NO2. The Bertz CT molecular complexity index is 1210. The van der Waals surface area contributed by atoms with Crippen LogP contribution >= 0.6 is 0 Å². The van der Waals surface area contributed by atoms with Crippen molar-refractivity contribution in [2.24, 2.45) is 0 Å². The van der Waals surface area contributed by atoms with Crippen molar-refractivity contribution in [1.29, 1.82) is 0 Å². The zero-order valence-corrected chi connectivity index (χ0v) is 17.6. The number of nitrogens with zero attached hydrogens (tertiary/aromatic N) is 1. The second kappa shape index (κ2) is 8.27. The molecule has 154 valence electrons. The Hall–Kier alpha value is -3.59. The first-order valence-electron chi connectivity index (χ1n) is 10.8. The highest BCUT2D eigenvalue weighted by Gasteiger charge is 2.33. The van der Waals surface area contributed by atoms with E-state index in [9.17, 15) is 4.79 Å². The van der Waals surface area contributed by atoms with Gasteiger partial charge in [-0.2, -0.15) is 0 Å². The first-order valence-corrected chi connectivity index (χ1v) is 10.8. The molecule has 4 aromatic carbocycles. The first-order chi connectivity index (χ1) is 15.2. The lowest BCUT2D eigenvalue weighted by Crippen LogP contribution is -2.36. The van der Waals surface area contributed by atoms with Crippen LogP contribution in [0.2, 0.25) is 0 Å². The molecule has 3 nitrogen and oxygen atoms in total. The molecular weight excluding hydrogens is 382 g/mol. The Morgan fingerprint density at radius 3 is 2.39 bits per heavy atom. The van der Waals surface area contributed by atoms with Gasteiger partial charge in [0.2, 0.25) is 5.91 Å². The molecule has 1 aliphatic rings. The van der Waals surface area contributed by atoms with Gasteiger partial charge in [0.05, 0.1) is 13.2 Å². The first kappa shape index (κ1) is 19.4. The van der Waals surface area contributed by atoms with Crippen LogP contribution in [0.3, 0.4) is 0 Å². The van der Waals surface area contributed by atoms with E-state index in [0.29, 0.717) is 19.6 Å². The van der Waals surface area contributed by atoms with Crippen LogP contribution < -0.4 is 9.64 Å². The van der Waals surface area contributed by atoms with Crippen molar-refractivity contribution in [3.8, 4) is 5.75 Å². The van der Waals surface area contributed by atoms with E-state index in [-0.39, 0.29) is 11.8 Å². The topological polar surface area (TPSA) is 29.5 Å². The standard InChI is InChI=1S/C28H25NO2/c1-2-31-23-15-12-22(13-16-23)25-18-27(30)29(19-20-8-4-3-5-9-20)26-17-14-21-10-6-7-11-24(21)28(25)26/h3-17,25H,2,18-19H2,1H3. The van der Waals surface area contributed by atoms with Crippen LogP contribution in [0.25, 0.3) is 10.8 Å². The van der Waals surface area contributed by atoms with Crippen LogP contribution in [0.4, 0.5) is 5.69 Å². The molecule has 1 heterocycles. The zero-order valence-electron chi connectivity index (χ0n) is 17.6. The van der Waals surface area contributed by atoms with Gasteiger partial charge in [0.25, 0.3) is 0 Å². The van der Waals surface area contributed by atoms with E-state index in [1.807, 2.05) is 42.2 Å². The Labute approximate surface area is 182 Å². The van der Waals surface area contributed by atoms with Crippen molar-refractivity contribution in [3.63, 3.8) is 0 Å². The van der Waals surface area contributed by atoms with Gasteiger partial charge in [0.1, 0.15) is 5.75 Å². The molecule has 1 unspecified atom stereocenters. The fourth-order valence-electron chi connectivity index (χ4n) is 4.59. The molecule has 0 spiro atoms. The molecule has 0 fully saturated rings. The predicted octanol–water partition coefficient (Wildman–Crippen LogP) is 6.31. The smallest absolute Gasteiger partial charge is 0.228 e. The molecule has 5 rings (SSSR count). The van der Waals surface area contributed by atoms with Crippen LogP contribution in [0.1, 0.15) is 36.0 Å². The van der Waals surface area contributed by atoms with Gasteiger partial charge in [-0.3, -0.25) is 4.79 Å². The second-order valence-electron chi connectivity index (χ2n) is 7.94. The fraction of sp³-hybridized carbons (Fsp3) is 0.179. The Kier molecular flexibility index (Phi) is 5.17. The van der Waals surface area contributed by atoms with Gasteiger partial charge < -0.3 is 9.64 Å². The van der Waals surface area contributed by atoms with Crippen LogP contribution in [0, 0.1) is 0 Å². The lowest BCUT2D eigenvalue weighted by molar-refractivity contribution is -0.119. The lowest BCUT2D eigenvalue weighted by Gasteiger charge is -2.35. The molecule has 1 aliphatic heterocycles. The Balaban J connectivity index is 1.63. The number of fused-ring (bicyclic) bond motifs is 3. The monoisotopic (exact) mass is 407 g/mol. The van der Waals surface area contributed by atoms with Crippen molar-refractivity contribution >= 4 is 22.4 Å². The van der Waals surface area contributed by atoms with Crippen molar-refractivity contribution < 1.29 is 9.53 Å². The van der Waals surface area contributed by atoms with Crippen LogP contribution in [-0.4, -0.2) is 12.5 Å². The summed E-state index contributed by atoms with van der Waals surface area (Å²) < 4.78 is 5.62. The molecule has 31 heavy (non-hydrogen) atoms. The number of hydrogen-bond donors (Lipinski definition) is 0. The largest absolute Gasteiger partial charge is 0.494 e. The third-order valence-electron chi connectivity index (χ3n) is 6.04. The molecule has 0 bridgehead atoms. The van der Waals surface area contributed by atoms with Crippen LogP contribution in [0.5, 0.6) is 5.75 Å². The van der Waals surface area contributed by atoms with Gasteiger partial charge in [-0.1, -0.05) is 72.8 Å². The van der Waals surface area contributed by atoms with Gasteiger partial charge in [0, 0.05) is 18.0 Å². The highest BCUT2D eigenvalue weighted by atomic mass is 16.5. The minimum atomic E-state index is 0.0244. The molecule has 3 heteroatoms. The number of benzene rings is 4. The van der Waals surface area contributed by atoms with Gasteiger partial charge in [-0.15, -0.1) is 0 Å². The SMILES string of the molecule is CCOc1ccc(C2CC(=O)N(Cc3ccccc3)c3ccc4ccccc4c32)cc1. The molecule has 0 saturated carbocycles. The lowest BCUT2D eigenvalue weighted by atomic mass is 9.81. The average molecular weight is 408 g/mol. The van der Waals surface area contributed by atoms with Crippen molar-refractivity contribution in [2.75, 3.05) is 11.5 Å². The van der Waals surface area contributed by atoms with Crippen molar-refractivity contribution in [2.45, 2.75) is 25.8 Å². The van der Waals surface area contributed by atoms with Crippen molar-refractivity contribution in [1.82, 2.24) is 0 Å². The summed E-state index contributed by atoms with van der Waals surface area (Å²) in [5.41, 5.74) is 4.53. The second-order valence-corrected chi connectivity index (χ2v) is 7.94. The molecule has 0 aliphatic carbocycles. The average Bonchev–Trinajstić information content (AvgIpc) is 2.82. The maximum atomic E-state index is 13.4. The number of ether oxygens (including phenoxy) is 1. The van der Waals surface area contributed by atoms with E-state index >= 15 is 0 Å². The molecule has 1 atom stereocenters. The maximum absolute atomic E-state index is 13.4. The normalized spacial score (nSPS) is 15.7. The summed E-state index contributed by atoms with van der Waals surface area (Å²) in [6.07, 6.45) is 0.460. The van der Waals surface area contributed by atoms with E-state index in [2.05, 4.69) is 60.7 Å². The van der Waals surface area contributed by atoms with E-state index in [4.69, 9.17) is 4.74 Å². The number of amides is 1. The van der Waals surface area contributed by atoms with Crippen LogP contribution in [0.15, 0.2) is 91.0 Å². The minimum Gasteiger partial charge on any atom is -0.494 e. The van der Waals surface area contributed by atoms with Gasteiger partial charge in [-0.05, 0) is 52.6 Å².